The molecule has 5 rings (SSSR count). The van der Waals surface area contributed by atoms with Gasteiger partial charge in [0.2, 0.25) is 11.8 Å². The molecule has 0 N–H and O–H groups in total. The molecule has 9 nitrogen and oxygen atoms in total. The SMILES string of the molecule is O=C(Cn1nc2ccccc2n1)N1CC(=O)N(C2CCCCC2)CC(OCc2ccccn2)C1. The molecule has 34 heavy (non-hydrogen) atoms. The lowest BCUT2D eigenvalue weighted by Crippen LogP contribution is -2.46. The van der Waals surface area contributed by atoms with Crippen LogP contribution >= 0.6 is 0 Å². The summed E-state index contributed by atoms with van der Waals surface area (Å²) in [5.41, 5.74) is 2.30. The Hall–Kier alpha value is -3.33. The third kappa shape index (κ3) is 5.25. The van der Waals surface area contributed by atoms with Gasteiger partial charge < -0.3 is 14.5 Å². The topological polar surface area (TPSA) is 93.5 Å². The molecule has 1 saturated carbocycles. The van der Waals surface area contributed by atoms with Crippen LogP contribution in [0.4, 0.5) is 0 Å². The fourth-order valence-corrected chi connectivity index (χ4v) is 4.87. The Kier molecular flexibility index (Phi) is 6.80. The predicted octanol–water partition coefficient (Wildman–Crippen LogP) is 2.42. The van der Waals surface area contributed by atoms with E-state index in [1.54, 1.807) is 11.1 Å². The first kappa shape index (κ1) is 22.5. The number of benzene rings is 1. The van der Waals surface area contributed by atoms with Gasteiger partial charge in [-0.1, -0.05) is 37.5 Å². The molecule has 2 amide bonds. The van der Waals surface area contributed by atoms with Crippen LogP contribution in [0.2, 0.25) is 0 Å². The number of fused-ring (bicyclic) bond motifs is 1. The second-order valence-electron chi connectivity index (χ2n) is 9.09. The van der Waals surface area contributed by atoms with E-state index in [1.807, 2.05) is 47.4 Å². The number of ether oxygens (including phenoxy) is 1. The zero-order valence-electron chi connectivity index (χ0n) is 19.3. The van der Waals surface area contributed by atoms with Crippen LogP contribution in [-0.4, -0.2) is 73.4 Å². The van der Waals surface area contributed by atoms with E-state index in [2.05, 4.69) is 15.2 Å². The van der Waals surface area contributed by atoms with Crippen molar-refractivity contribution < 1.29 is 14.3 Å². The number of pyridine rings is 1. The van der Waals surface area contributed by atoms with Crippen molar-refractivity contribution in [3.05, 3.63) is 54.4 Å². The van der Waals surface area contributed by atoms with Crippen LogP contribution in [0.3, 0.4) is 0 Å². The molecule has 9 heteroatoms. The predicted molar refractivity (Wildman–Crippen MR) is 126 cm³/mol. The normalized spacial score (nSPS) is 20.0. The van der Waals surface area contributed by atoms with Crippen molar-refractivity contribution in [2.24, 2.45) is 0 Å². The summed E-state index contributed by atoms with van der Waals surface area (Å²) in [5, 5.41) is 8.79. The van der Waals surface area contributed by atoms with Gasteiger partial charge in [0.15, 0.2) is 0 Å². The highest BCUT2D eigenvalue weighted by Crippen LogP contribution is 2.25. The van der Waals surface area contributed by atoms with Crippen LogP contribution in [0.5, 0.6) is 0 Å². The molecule has 0 spiro atoms. The molecular weight excluding hydrogens is 432 g/mol. The second kappa shape index (κ2) is 10.3. The van der Waals surface area contributed by atoms with Crippen LogP contribution in [-0.2, 0) is 27.5 Å². The van der Waals surface area contributed by atoms with Crippen molar-refractivity contribution in [3.63, 3.8) is 0 Å². The molecule has 1 aliphatic carbocycles. The molecule has 0 radical (unpaired) electrons. The molecule has 0 bridgehead atoms. The minimum atomic E-state index is -0.288. The highest BCUT2D eigenvalue weighted by molar-refractivity contribution is 5.85. The van der Waals surface area contributed by atoms with Crippen molar-refractivity contribution in [3.8, 4) is 0 Å². The molecule has 1 unspecified atom stereocenters. The van der Waals surface area contributed by atoms with E-state index in [9.17, 15) is 9.59 Å². The lowest BCUT2D eigenvalue weighted by Gasteiger charge is -2.34. The fraction of sp³-hybridized carbons (Fsp3) is 0.480. The molecule has 2 fully saturated rings. The third-order valence-corrected chi connectivity index (χ3v) is 6.64. The van der Waals surface area contributed by atoms with E-state index in [1.165, 1.54) is 11.2 Å². The minimum Gasteiger partial charge on any atom is -0.368 e. The lowest BCUT2D eigenvalue weighted by molar-refractivity contribution is -0.140. The highest BCUT2D eigenvalue weighted by atomic mass is 16.5. The van der Waals surface area contributed by atoms with Gasteiger partial charge in [-0.05, 0) is 37.1 Å². The molecular formula is C25H30N6O3. The quantitative estimate of drug-likeness (QED) is 0.559. The van der Waals surface area contributed by atoms with Crippen molar-refractivity contribution in [2.75, 3.05) is 19.6 Å². The molecule has 1 saturated heterocycles. The van der Waals surface area contributed by atoms with Gasteiger partial charge in [-0.3, -0.25) is 14.6 Å². The van der Waals surface area contributed by atoms with E-state index < -0.39 is 0 Å². The van der Waals surface area contributed by atoms with Crippen molar-refractivity contribution in [2.45, 2.75) is 57.4 Å². The number of hydrogen-bond acceptors (Lipinski definition) is 6. The Morgan fingerprint density at radius 1 is 0.971 bits per heavy atom. The van der Waals surface area contributed by atoms with Gasteiger partial charge in [0.25, 0.3) is 0 Å². The number of carbonyl (C=O) groups excluding carboxylic acids is 2. The molecule has 1 atom stereocenters. The van der Waals surface area contributed by atoms with E-state index >= 15 is 0 Å². The minimum absolute atomic E-state index is 0.0113. The zero-order valence-corrected chi connectivity index (χ0v) is 19.3. The first-order valence-corrected chi connectivity index (χ1v) is 12.0. The second-order valence-corrected chi connectivity index (χ2v) is 9.09. The summed E-state index contributed by atoms with van der Waals surface area (Å²) in [6.07, 6.45) is 6.95. The van der Waals surface area contributed by atoms with Crippen molar-refractivity contribution >= 4 is 22.8 Å². The number of aromatic nitrogens is 4. The van der Waals surface area contributed by atoms with Crippen LogP contribution in [0.1, 0.15) is 37.8 Å². The van der Waals surface area contributed by atoms with E-state index in [-0.39, 0.29) is 37.0 Å². The van der Waals surface area contributed by atoms with Crippen LogP contribution in [0.25, 0.3) is 11.0 Å². The standard InChI is InChI=1S/C25H30N6O3/c32-24(17-31-27-22-11-4-5-12-23(22)28-31)29-14-21(34-18-19-8-6-7-13-26-19)15-30(25(33)16-29)20-9-2-1-3-10-20/h4-8,11-13,20-21H,1-3,9-10,14-18H2. The maximum absolute atomic E-state index is 13.3. The fourth-order valence-electron chi connectivity index (χ4n) is 4.87. The van der Waals surface area contributed by atoms with E-state index in [0.29, 0.717) is 19.7 Å². The van der Waals surface area contributed by atoms with Gasteiger partial charge in [-0.15, -0.1) is 0 Å². The Bertz CT molecular complexity index is 1090. The Labute approximate surface area is 198 Å². The number of carbonyl (C=O) groups is 2. The number of nitrogens with zero attached hydrogens (tertiary/aromatic N) is 6. The first-order valence-electron chi connectivity index (χ1n) is 12.0. The average molecular weight is 463 g/mol. The number of hydrogen-bond donors (Lipinski definition) is 0. The van der Waals surface area contributed by atoms with Gasteiger partial charge in [-0.2, -0.15) is 15.0 Å². The van der Waals surface area contributed by atoms with Gasteiger partial charge in [0, 0.05) is 25.3 Å². The molecule has 2 aromatic heterocycles. The summed E-state index contributed by atoms with van der Waals surface area (Å²) in [7, 11) is 0. The van der Waals surface area contributed by atoms with E-state index in [4.69, 9.17) is 4.74 Å². The maximum atomic E-state index is 13.3. The summed E-state index contributed by atoms with van der Waals surface area (Å²) in [6.45, 7) is 1.22. The molecule has 3 aromatic rings. The van der Waals surface area contributed by atoms with Gasteiger partial charge >= 0.3 is 0 Å². The third-order valence-electron chi connectivity index (χ3n) is 6.64. The lowest BCUT2D eigenvalue weighted by atomic mass is 9.94. The largest absolute Gasteiger partial charge is 0.368 e. The highest BCUT2D eigenvalue weighted by Gasteiger charge is 2.35. The monoisotopic (exact) mass is 462 g/mol. The maximum Gasteiger partial charge on any atom is 0.246 e. The molecule has 1 aromatic carbocycles. The van der Waals surface area contributed by atoms with Gasteiger partial charge in [-0.25, -0.2) is 0 Å². The van der Waals surface area contributed by atoms with Gasteiger partial charge in [0.1, 0.15) is 17.6 Å². The Morgan fingerprint density at radius 2 is 1.71 bits per heavy atom. The zero-order chi connectivity index (χ0) is 23.3. The summed E-state index contributed by atoms with van der Waals surface area (Å²) in [4.78, 5) is 35.8. The first-order chi connectivity index (χ1) is 16.7. The summed E-state index contributed by atoms with van der Waals surface area (Å²) < 4.78 is 6.21. The van der Waals surface area contributed by atoms with E-state index in [0.717, 1.165) is 42.4 Å². The van der Waals surface area contributed by atoms with Crippen LogP contribution in [0, 0.1) is 0 Å². The molecule has 3 heterocycles. The number of rotatable bonds is 6. The average Bonchev–Trinajstić information content (AvgIpc) is 3.19. The Morgan fingerprint density at radius 3 is 2.41 bits per heavy atom. The molecule has 2 aliphatic rings. The van der Waals surface area contributed by atoms with Crippen LogP contribution in [0.15, 0.2) is 48.7 Å². The Balaban J connectivity index is 1.32. The van der Waals surface area contributed by atoms with Crippen molar-refractivity contribution in [1.29, 1.82) is 0 Å². The molecule has 1 aliphatic heterocycles. The van der Waals surface area contributed by atoms with Gasteiger partial charge in [0.05, 0.1) is 24.9 Å². The number of amides is 2. The van der Waals surface area contributed by atoms with Crippen molar-refractivity contribution in [1.82, 2.24) is 29.8 Å². The summed E-state index contributed by atoms with van der Waals surface area (Å²) >= 11 is 0. The summed E-state index contributed by atoms with van der Waals surface area (Å²) in [6, 6.07) is 13.4. The molecule has 178 valence electrons. The summed E-state index contributed by atoms with van der Waals surface area (Å²) in [5.74, 6) is -0.201. The van der Waals surface area contributed by atoms with Crippen LogP contribution < -0.4 is 0 Å². The smallest absolute Gasteiger partial charge is 0.246 e.